The van der Waals surface area contributed by atoms with Gasteiger partial charge in [0.05, 0.1) is 6.07 Å². The van der Waals surface area contributed by atoms with Crippen LogP contribution < -0.4 is 4.72 Å². The molecule has 1 unspecified atom stereocenters. The first-order valence-corrected chi connectivity index (χ1v) is 6.49. The quantitative estimate of drug-likeness (QED) is 0.762. The van der Waals surface area contributed by atoms with E-state index in [0.29, 0.717) is 12.5 Å². The molecular formula is C9H16N2O2S. The van der Waals surface area contributed by atoms with Crippen molar-refractivity contribution in [3.05, 3.63) is 0 Å². The predicted molar refractivity (Wildman–Crippen MR) is 54.0 cm³/mol. The van der Waals surface area contributed by atoms with Crippen LogP contribution in [0.2, 0.25) is 0 Å². The molecule has 1 atom stereocenters. The minimum atomic E-state index is -3.41. The van der Waals surface area contributed by atoms with Gasteiger partial charge in [0, 0.05) is 6.54 Å². The average Bonchev–Trinajstić information content (AvgIpc) is 2.66. The van der Waals surface area contributed by atoms with E-state index in [1.807, 2.05) is 0 Å². The van der Waals surface area contributed by atoms with Gasteiger partial charge < -0.3 is 0 Å². The number of nitrogens with zero attached hydrogens (tertiary/aromatic N) is 1. The van der Waals surface area contributed by atoms with Crippen molar-refractivity contribution < 1.29 is 8.42 Å². The third-order valence-corrected chi connectivity index (χ3v) is 4.30. The second-order valence-electron chi connectivity index (χ2n) is 3.82. The van der Waals surface area contributed by atoms with E-state index in [1.165, 1.54) is 19.8 Å². The van der Waals surface area contributed by atoms with Crippen molar-refractivity contribution in [3.63, 3.8) is 0 Å². The maximum absolute atomic E-state index is 11.4. The molecule has 1 rings (SSSR count). The van der Waals surface area contributed by atoms with Gasteiger partial charge in [-0.3, -0.25) is 0 Å². The number of sulfonamides is 1. The summed E-state index contributed by atoms with van der Waals surface area (Å²) >= 11 is 0. The van der Waals surface area contributed by atoms with Gasteiger partial charge in [-0.1, -0.05) is 12.8 Å². The zero-order chi connectivity index (χ0) is 10.6. The van der Waals surface area contributed by atoms with Gasteiger partial charge in [0.2, 0.25) is 10.0 Å². The highest BCUT2D eigenvalue weighted by Gasteiger charge is 2.22. The lowest BCUT2D eigenvalue weighted by Gasteiger charge is -2.11. The first kappa shape index (κ1) is 11.5. The fourth-order valence-electron chi connectivity index (χ4n) is 1.64. The van der Waals surface area contributed by atoms with E-state index < -0.39 is 15.3 Å². The third-order valence-electron chi connectivity index (χ3n) is 2.70. The van der Waals surface area contributed by atoms with Crippen LogP contribution in [0, 0.1) is 17.2 Å². The van der Waals surface area contributed by atoms with Gasteiger partial charge in [-0.15, -0.1) is 0 Å². The van der Waals surface area contributed by atoms with Crippen LogP contribution >= 0.6 is 0 Å². The Morgan fingerprint density at radius 3 is 2.57 bits per heavy atom. The van der Waals surface area contributed by atoms with Gasteiger partial charge >= 0.3 is 0 Å². The summed E-state index contributed by atoms with van der Waals surface area (Å²) in [4.78, 5) is 0. The van der Waals surface area contributed by atoms with E-state index in [4.69, 9.17) is 5.26 Å². The number of rotatable bonds is 4. The van der Waals surface area contributed by atoms with E-state index in [1.54, 1.807) is 6.07 Å². The Labute approximate surface area is 85.4 Å². The molecule has 4 nitrogen and oxygen atoms in total. The molecule has 0 aromatic rings. The molecule has 0 saturated heterocycles. The SMILES string of the molecule is CC(C#N)S(=O)(=O)NCC1CCCC1. The third kappa shape index (κ3) is 2.96. The Hall–Kier alpha value is -0.600. The van der Waals surface area contributed by atoms with E-state index >= 15 is 0 Å². The van der Waals surface area contributed by atoms with Gasteiger partial charge in [0.15, 0.2) is 5.25 Å². The molecular weight excluding hydrogens is 200 g/mol. The second kappa shape index (κ2) is 4.76. The number of hydrogen-bond donors (Lipinski definition) is 1. The Balaban J connectivity index is 2.40. The van der Waals surface area contributed by atoms with Crippen molar-refractivity contribution in [1.82, 2.24) is 4.72 Å². The van der Waals surface area contributed by atoms with Crippen molar-refractivity contribution in [1.29, 1.82) is 5.26 Å². The van der Waals surface area contributed by atoms with Crippen LogP contribution in [0.1, 0.15) is 32.6 Å². The molecule has 1 aliphatic rings. The molecule has 0 heterocycles. The maximum atomic E-state index is 11.4. The van der Waals surface area contributed by atoms with E-state index in [2.05, 4.69) is 4.72 Å². The Morgan fingerprint density at radius 2 is 2.07 bits per heavy atom. The lowest BCUT2D eigenvalue weighted by molar-refractivity contribution is 0.518. The molecule has 5 heteroatoms. The van der Waals surface area contributed by atoms with E-state index in [-0.39, 0.29) is 0 Å². The van der Waals surface area contributed by atoms with Crippen molar-refractivity contribution >= 4 is 10.0 Å². The number of nitriles is 1. The Kier molecular flexibility index (Phi) is 3.90. The summed E-state index contributed by atoms with van der Waals surface area (Å²) in [7, 11) is -3.41. The number of nitrogens with one attached hydrogen (secondary N) is 1. The topological polar surface area (TPSA) is 70.0 Å². The predicted octanol–water partition coefficient (Wildman–Crippen LogP) is 1.01. The summed E-state index contributed by atoms with van der Waals surface area (Å²) < 4.78 is 25.3. The average molecular weight is 216 g/mol. The first-order chi connectivity index (χ1) is 6.56. The molecule has 80 valence electrons. The smallest absolute Gasteiger partial charge is 0.214 e. The molecule has 1 aliphatic carbocycles. The van der Waals surface area contributed by atoms with Crippen molar-refractivity contribution in [2.75, 3.05) is 6.54 Å². The minimum absolute atomic E-state index is 0.468. The lowest BCUT2D eigenvalue weighted by Crippen LogP contribution is -2.34. The van der Waals surface area contributed by atoms with Crippen molar-refractivity contribution in [3.8, 4) is 6.07 Å². The highest BCUT2D eigenvalue weighted by atomic mass is 32.2. The molecule has 1 saturated carbocycles. The summed E-state index contributed by atoms with van der Waals surface area (Å²) in [5.41, 5.74) is 0. The molecule has 0 aromatic heterocycles. The summed E-state index contributed by atoms with van der Waals surface area (Å²) in [6, 6.07) is 1.73. The van der Waals surface area contributed by atoms with Crippen LogP contribution in [-0.4, -0.2) is 20.2 Å². The fraction of sp³-hybridized carbons (Fsp3) is 0.889. The Bertz CT molecular complexity index is 312. The van der Waals surface area contributed by atoms with Gasteiger partial charge in [-0.25, -0.2) is 13.1 Å². The van der Waals surface area contributed by atoms with Gasteiger partial charge in [0.25, 0.3) is 0 Å². The monoisotopic (exact) mass is 216 g/mol. The lowest BCUT2D eigenvalue weighted by atomic mass is 10.1. The highest BCUT2D eigenvalue weighted by Crippen LogP contribution is 2.23. The zero-order valence-corrected chi connectivity index (χ0v) is 9.18. The maximum Gasteiger partial charge on any atom is 0.227 e. The molecule has 0 aliphatic heterocycles. The van der Waals surface area contributed by atoms with E-state index in [9.17, 15) is 8.42 Å². The van der Waals surface area contributed by atoms with Gasteiger partial charge in [-0.05, 0) is 25.7 Å². The van der Waals surface area contributed by atoms with Crippen LogP contribution in [0.15, 0.2) is 0 Å². The van der Waals surface area contributed by atoms with Crippen molar-refractivity contribution in [2.45, 2.75) is 37.9 Å². The van der Waals surface area contributed by atoms with E-state index in [0.717, 1.165) is 12.8 Å². The summed E-state index contributed by atoms with van der Waals surface area (Å²) in [5.74, 6) is 0.468. The normalized spacial score (nSPS) is 20.6. The summed E-state index contributed by atoms with van der Waals surface area (Å²) in [5, 5.41) is 7.54. The fourth-order valence-corrected chi connectivity index (χ4v) is 2.50. The van der Waals surface area contributed by atoms with Crippen LogP contribution in [-0.2, 0) is 10.0 Å². The molecule has 1 fully saturated rings. The summed E-state index contributed by atoms with van der Waals surface area (Å²) in [6.07, 6.45) is 4.59. The Morgan fingerprint density at radius 1 is 1.50 bits per heavy atom. The van der Waals surface area contributed by atoms with Crippen LogP contribution in [0.3, 0.4) is 0 Å². The molecule has 0 amide bonds. The van der Waals surface area contributed by atoms with Gasteiger partial charge in [-0.2, -0.15) is 5.26 Å². The summed E-state index contributed by atoms with van der Waals surface area (Å²) in [6.45, 7) is 1.89. The molecule has 14 heavy (non-hydrogen) atoms. The molecule has 0 radical (unpaired) electrons. The van der Waals surface area contributed by atoms with Crippen LogP contribution in [0.4, 0.5) is 0 Å². The van der Waals surface area contributed by atoms with Crippen LogP contribution in [0.25, 0.3) is 0 Å². The van der Waals surface area contributed by atoms with Crippen LogP contribution in [0.5, 0.6) is 0 Å². The standard InChI is InChI=1S/C9H16N2O2S/c1-8(6-10)14(12,13)11-7-9-4-2-3-5-9/h8-9,11H,2-5,7H2,1H3. The highest BCUT2D eigenvalue weighted by molar-refractivity contribution is 7.90. The largest absolute Gasteiger partial charge is 0.227 e. The molecule has 1 N–H and O–H groups in total. The zero-order valence-electron chi connectivity index (χ0n) is 8.36. The number of hydrogen-bond acceptors (Lipinski definition) is 3. The molecule has 0 aromatic carbocycles. The second-order valence-corrected chi connectivity index (χ2v) is 5.90. The molecule has 0 spiro atoms. The van der Waals surface area contributed by atoms with Gasteiger partial charge in [0.1, 0.15) is 0 Å². The van der Waals surface area contributed by atoms with Crippen molar-refractivity contribution in [2.24, 2.45) is 5.92 Å². The molecule has 0 bridgehead atoms. The first-order valence-electron chi connectivity index (χ1n) is 4.94. The minimum Gasteiger partial charge on any atom is -0.214 e.